The fraction of sp³-hybridized carbons (Fsp3) is 0.417. The van der Waals surface area contributed by atoms with Gasteiger partial charge in [-0.15, -0.1) is 0 Å². The molecule has 1 unspecified atom stereocenters. The lowest BCUT2D eigenvalue weighted by Crippen LogP contribution is -2.37. The molecular weight excluding hydrogens is 353 g/mol. The average molecular weight is 366 g/mol. The minimum absolute atomic E-state index is 0.0452. The van der Waals surface area contributed by atoms with Crippen LogP contribution in [0.25, 0.3) is 0 Å². The highest BCUT2D eigenvalue weighted by Crippen LogP contribution is 2.31. The number of sulfonamides is 1. The van der Waals surface area contributed by atoms with Gasteiger partial charge in [-0.3, -0.25) is 4.79 Å². The molecule has 2 rings (SSSR count). The summed E-state index contributed by atoms with van der Waals surface area (Å²) in [5.41, 5.74) is 0. The Morgan fingerprint density at radius 1 is 1.50 bits per heavy atom. The summed E-state index contributed by atoms with van der Waals surface area (Å²) in [6.07, 6.45) is 0.915. The number of halogens is 2. The number of hydrogen-bond donors (Lipinski definition) is 1. The lowest BCUT2D eigenvalue weighted by molar-refractivity contribution is -0.137. The van der Waals surface area contributed by atoms with E-state index in [0.717, 1.165) is 12.1 Å². The highest BCUT2D eigenvalue weighted by atomic mass is 79.9. The van der Waals surface area contributed by atoms with Crippen molar-refractivity contribution in [2.45, 2.75) is 30.2 Å². The number of benzene rings is 1. The van der Waals surface area contributed by atoms with Crippen molar-refractivity contribution < 1.29 is 22.7 Å². The van der Waals surface area contributed by atoms with E-state index in [4.69, 9.17) is 5.11 Å². The molecule has 0 aliphatic carbocycles. The quantitative estimate of drug-likeness (QED) is 0.887. The minimum atomic E-state index is -3.82. The highest BCUT2D eigenvalue weighted by Gasteiger charge is 2.37. The molecular formula is C12H13BrFNO4S. The normalized spacial score (nSPS) is 20.2. The minimum Gasteiger partial charge on any atom is -0.481 e. The Morgan fingerprint density at radius 2 is 2.20 bits per heavy atom. The van der Waals surface area contributed by atoms with Crippen LogP contribution in [0.4, 0.5) is 4.39 Å². The molecule has 1 aromatic carbocycles. The van der Waals surface area contributed by atoms with Gasteiger partial charge in [0.2, 0.25) is 10.0 Å². The van der Waals surface area contributed by atoms with Crippen LogP contribution in [-0.2, 0) is 14.8 Å². The van der Waals surface area contributed by atoms with E-state index in [1.54, 1.807) is 0 Å². The summed E-state index contributed by atoms with van der Waals surface area (Å²) in [5.74, 6) is -1.57. The summed E-state index contributed by atoms with van der Waals surface area (Å²) < 4.78 is 39.5. The van der Waals surface area contributed by atoms with E-state index in [9.17, 15) is 17.6 Å². The zero-order valence-corrected chi connectivity index (χ0v) is 12.8. The number of carboxylic acids is 1. The standard InChI is InChI=1S/C12H13BrFNO4S/c13-10-6-8(14)3-4-11(10)20(18,19)15-5-1-2-9(15)7-12(16)17/h3-4,6,9H,1-2,5,7H2,(H,16,17). The summed E-state index contributed by atoms with van der Waals surface area (Å²) >= 11 is 3.04. The van der Waals surface area contributed by atoms with Crippen LogP contribution in [0, 0.1) is 5.82 Å². The predicted octanol–water partition coefficient (Wildman–Crippen LogP) is 2.22. The van der Waals surface area contributed by atoms with Crippen LogP contribution in [0.3, 0.4) is 0 Å². The molecule has 20 heavy (non-hydrogen) atoms. The number of carboxylic acid groups (broad SMARTS) is 1. The van der Waals surface area contributed by atoms with Crippen LogP contribution >= 0.6 is 15.9 Å². The van der Waals surface area contributed by atoms with Gasteiger partial charge in [0.1, 0.15) is 5.82 Å². The SMILES string of the molecule is O=C(O)CC1CCCN1S(=O)(=O)c1ccc(F)cc1Br. The summed E-state index contributed by atoms with van der Waals surface area (Å²) in [4.78, 5) is 10.8. The van der Waals surface area contributed by atoms with Crippen LogP contribution in [0.5, 0.6) is 0 Å². The number of aliphatic carboxylic acids is 1. The van der Waals surface area contributed by atoms with E-state index in [2.05, 4.69) is 15.9 Å². The number of hydrogen-bond acceptors (Lipinski definition) is 3. The lowest BCUT2D eigenvalue weighted by Gasteiger charge is -2.23. The van der Waals surface area contributed by atoms with Gasteiger partial charge in [0.25, 0.3) is 0 Å². The number of nitrogens with zero attached hydrogens (tertiary/aromatic N) is 1. The van der Waals surface area contributed by atoms with Gasteiger partial charge >= 0.3 is 5.97 Å². The number of rotatable bonds is 4. The van der Waals surface area contributed by atoms with Crippen LogP contribution in [-0.4, -0.2) is 36.4 Å². The van der Waals surface area contributed by atoms with Crippen LogP contribution < -0.4 is 0 Å². The van der Waals surface area contributed by atoms with E-state index in [1.807, 2.05) is 0 Å². The summed E-state index contributed by atoms with van der Waals surface area (Å²) in [5, 5.41) is 8.84. The van der Waals surface area contributed by atoms with Crippen molar-refractivity contribution in [3.63, 3.8) is 0 Å². The Morgan fingerprint density at radius 3 is 2.80 bits per heavy atom. The van der Waals surface area contributed by atoms with Crippen molar-refractivity contribution in [1.82, 2.24) is 4.31 Å². The van der Waals surface area contributed by atoms with Gasteiger partial charge in [-0.05, 0) is 47.0 Å². The molecule has 1 N–H and O–H groups in total. The zero-order chi connectivity index (χ0) is 14.9. The Bertz CT molecular complexity index is 634. The van der Waals surface area contributed by atoms with Crippen molar-refractivity contribution >= 4 is 31.9 Å². The molecule has 1 aliphatic heterocycles. The molecule has 1 atom stereocenters. The third-order valence-corrected chi connectivity index (χ3v) is 6.14. The van der Waals surface area contributed by atoms with Crippen LogP contribution in [0.1, 0.15) is 19.3 Å². The Hall–Kier alpha value is -0.990. The molecule has 0 radical (unpaired) electrons. The molecule has 8 heteroatoms. The van der Waals surface area contributed by atoms with Crippen LogP contribution in [0.15, 0.2) is 27.6 Å². The van der Waals surface area contributed by atoms with E-state index in [0.29, 0.717) is 12.8 Å². The first kappa shape index (κ1) is 15.4. The van der Waals surface area contributed by atoms with Gasteiger partial charge in [-0.2, -0.15) is 4.31 Å². The summed E-state index contributed by atoms with van der Waals surface area (Å²) in [6.45, 7) is 0.282. The Balaban J connectivity index is 2.36. The van der Waals surface area contributed by atoms with Crippen molar-refractivity contribution in [3.8, 4) is 0 Å². The highest BCUT2D eigenvalue weighted by molar-refractivity contribution is 9.10. The van der Waals surface area contributed by atoms with Gasteiger partial charge in [0, 0.05) is 17.1 Å². The van der Waals surface area contributed by atoms with E-state index in [1.165, 1.54) is 10.4 Å². The third-order valence-electron chi connectivity index (χ3n) is 3.21. The fourth-order valence-corrected chi connectivity index (χ4v) is 5.05. The smallest absolute Gasteiger partial charge is 0.304 e. The van der Waals surface area contributed by atoms with Crippen molar-refractivity contribution in [1.29, 1.82) is 0 Å². The molecule has 1 aromatic rings. The van der Waals surface area contributed by atoms with E-state index < -0.39 is 27.9 Å². The lowest BCUT2D eigenvalue weighted by atomic mass is 10.2. The molecule has 0 saturated carbocycles. The van der Waals surface area contributed by atoms with Gasteiger partial charge in [-0.25, -0.2) is 12.8 Å². The second kappa shape index (κ2) is 5.79. The van der Waals surface area contributed by atoms with Gasteiger partial charge in [0.15, 0.2) is 0 Å². The maximum Gasteiger partial charge on any atom is 0.304 e. The maximum absolute atomic E-state index is 13.0. The third kappa shape index (κ3) is 3.02. The largest absolute Gasteiger partial charge is 0.481 e. The predicted molar refractivity (Wildman–Crippen MR) is 73.3 cm³/mol. The molecule has 1 heterocycles. The van der Waals surface area contributed by atoms with Crippen LogP contribution in [0.2, 0.25) is 0 Å². The molecule has 0 amide bonds. The van der Waals surface area contributed by atoms with Gasteiger partial charge < -0.3 is 5.11 Å². The molecule has 5 nitrogen and oxygen atoms in total. The number of carbonyl (C=O) groups is 1. The van der Waals surface area contributed by atoms with Crippen molar-refractivity contribution in [3.05, 3.63) is 28.5 Å². The Labute approximate surface area is 124 Å². The zero-order valence-electron chi connectivity index (χ0n) is 10.4. The summed E-state index contributed by atoms with van der Waals surface area (Å²) in [6, 6.07) is 2.79. The second-order valence-electron chi connectivity index (χ2n) is 4.58. The fourth-order valence-electron chi connectivity index (χ4n) is 2.34. The summed E-state index contributed by atoms with van der Waals surface area (Å²) in [7, 11) is -3.82. The van der Waals surface area contributed by atoms with E-state index >= 15 is 0 Å². The maximum atomic E-state index is 13.0. The van der Waals surface area contributed by atoms with Gasteiger partial charge in [0.05, 0.1) is 11.3 Å². The van der Waals surface area contributed by atoms with Crippen molar-refractivity contribution in [2.75, 3.05) is 6.54 Å². The molecule has 110 valence electrons. The first-order valence-electron chi connectivity index (χ1n) is 6.01. The average Bonchev–Trinajstić information content (AvgIpc) is 2.76. The molecule has 0 aromatic heterocycles. The molecule has 1 saturated heterocycles. The first-order valence-corrected chi connectivity index (χ1v) is 8.24. The monoisotopic (exact) mass is 365 g/mol. The first-order chi connectivity index (χ1) is 9.32. The molecule has 0 spiro atoms. The van der Waals surface area contributed by atoms with E-state index in [-0.39, 0.29) is 22.3 Å². The van der Waals surface area contributed by atoms with Crippen molar-refractivity contribution in [2.24, 2.45) is 0 Å². The second-order valence-corrected chi connectivity index (χ2v) is 7.30. The molecule has 0 bridgehead atoms. The molecule has 1 fully saturated rings. The Kier molecular flexibility index (Phi) is 4.46. The van der Waals surface area contributed by atoms with Gasteiger partial charge in [-0.1, -0.05) is 0 Å². The topological polar surface area (TPSA) is 74.7 Å². The molecule has 1 aliphatic rings.